The lowest BCUT2D eigenvalue weighted by molar-refractivity contribution is -0.148. The van der Waals surface area contributed by atoms with E-state index in [1.165, 1.54) is 4.90 Å². The molecule has 2 rings (SSSR count). The third-order valence-electron chi connectivity index (χ3n) is 4.86. The lowest BCUT2D eigenvalue weighted by Gasteiger charge is -2.52. The summed E-state index contributed by atoms with van der Waals surface area (Å²) < 4.78 is 45.8. The molecule has 1 saturated carbocycles. The molecule has 1 saturated heterocycles. The molecule has 1 aliphatic heterocycles. The number of sulfone groups is 2. The Morgan fingerprint density at radius 1 is 0.840 bits per heavy atom. The molecular weight excluding hydrogens is 368 g/mol. The molecule has 2 fully saturated rings. The molecule has 8 nitrogen and oxygen atoms in total. The van der Waals surface area contributed by atoms with Gasteiger partial charge in [0, 0.05) is 32.1 Å². The minimum Gasteiger partial charge on any atom is -0.338 e. The molecule has 0 atom stereocenters. The number of hydrogen-bond acceptors (Lipinski definition) is 6. The van der Waals surface area contributed by atoms with E-state index >= 15 is 0 Å². The second-order valence-corrected chi connectivity index (χ2v) is 11.6. The maximum atomic E-state index is 12.5. The summed E-state index contributed by atoms with van der Waals surface area (Å²) in [7, 11) is -6.85. The Morgan fingerprint density at radius 2 is 1.36 bits per heavy atom. The summed E-state index contributed by atoms with van der Waals surface area (Å²) in [5.74, 6) is -1.96. The van der Waals surface area contributed by atoms with Gasteiger partial charge in [-0.05, 0) is 12.8 Å². The Bertz CT molecular complexity index is 738. The fourth-order valence-corrected chi connectivity index (χ4v) is 5.07. The molecule has 0 aromatic carbocycles. The van der Waals surface area contributed by atoms with E-state index in [0.717, 1.165) is 31.8 Å². The summed E-state index contributed by atoms with van der Waals surface area (Å²) >= 11 is 0. The monoisotopic (exact) mass is 394 g/mol. The van der Waals surface area contributed by atoms with Gasteiger partial charge in [0.25, 0.3) is 0 Å². The molecule has 0 radical (unpaired) electrons. The molecular formula is C15H26N2O6S2. The van der Waals surface area contributed by atoms with Crippen LogP contribution in [0, 0.1) is 0 Å². The first-order valence-corrected chi connectivity index (χ1v) is 12.5. The third kappa shape index (κ3) is 5.40. The lowest BCUT2D eigenvalue weighted by Crippen LogP contribution is -2.66. The second-order valence-electron chi connectivity index (χ2n) is 7.29. The van der Waals surface area contributed by atoms with Crippen LogP contribution in [0.3, 0.4) is 0 Å². The van der Waals surface area contributed by atoms with Crippen LogP contribution in [0.25, 0.3) is 0 Å². The molecule has 0 N–H and O–H groups in total. The summed E-state index contributed by atoms with van der Waals surface area (Å²) in [6.07, 6.45) is 6.29. The first-order chi connectivity index (χ1) is 11.4. The molecule has 0 aromatic heterocycles. The van der Waals surface area contributed by atoms with E-state index in [1.807, 2.05) is 0 Å². The van der Waals surface area contributed by atoms with E-state index in [4.69, 9.17) is 0 Å². The van der Waals surface area contributed by atoms with Gasteiger partial charge in [0.2, 0.25) is 11.8 Å². The van der Waals surface area contributed by atoms with Crippen LogP contribution in [0.4, 0.5) is 0 Å². The zero-order valence-corrected chi connectivity index (χ0v) is 16.4. The lowest BCUT2D eigenvalue weighted by atomic mass is 9.78. The minimum atomic E-state index is -3.43. The van der Waals surface area contributed by atoms with Crippen molar-refractivity contribution in [2.24, 2.45) is 0 Å². The summed E-state index contributed by atoms with van der Waals surface area (Å²) in [6, 6.07) is 0. The number of piperazine rings is 1. The number of hydrogen-bond donors (Lipinski definition) is 0. The quantitative estimate of drug-likeness (QED) is 0.633. The number of rotatable bonds is 4. The summed E-state index contributed by atoms with van der Waals surface area (Å²) in [6.45, 7) is 0.742. The predicted molar refractivity (Wildman–Crippen MR) is 93.5 cm³/mol. The average molecular weight is 395 g/mol. The van der Waals surface area contributed by atoms with Crippen molar-refractivity contribution in [3.8, 4) is 0 Å². The third-order valence-corrected chi connectivity index (χ3v) is 6.40. The summed E-state index contributed by atoms with van der Waals surface area (Å²) in [4.78, 5) is 28.0. The number of carbonyl (C=O) groups is 2. The molecule has 0 unspecified atom stereocenters. The molecule has 1 spiro atoms. The van der Waals surface area contributed by atoms with Crippen LogP contribution >= 0.6 is 0 Å². The predicted octanol–water partition coefficient (Wildman–Crippen LogP) is -0.551. The van der Waals surface area contributed by atoms with E-state index in [1.54, 1.807) is 4.90 Å². The van der Waals surface area contributed by atoms with Crippen molar-refractivity contribution in [2.75, 3.05) is 43.7 Å². The number of carbonyl (C=O) groups excluding carboxylic acids is 2. The van der Waals surface area contributed by atoms with Gasteiger partial charge < -0.3 is 9.80 Å². The molecule has 2 amide bonds. The molecule has 1 aliphatic carbocycles. The van der Waals surface area contributed by atoms with E-state index < -0.39 is 48.5 Å². The van der Waals surface area contributed by atoms with E-state index in [0.29, 0.717) is 12.8 Å². The fourth-order valence-electron chi connectivity index (χ4n) is 3.84. The molecule has 144 valence electrons. The van der Waals surface area contributed by atoms with Crippen LogP contribution in [0.1, 0.15) is 32.1 Å². The van der Waals surface area contributed by atoms with Crippen molar-refractivity contribution < 1.29 is 26.4 Å². The van der Waals surface area contributed by atoms with Gasteiger partial charge in [0.15, 0.2) is 19.7 Å². The maximum absolute atomic E-state index is 12.5. The van der Waals surface area contributed by atoms with Crippen LogP contribution in [0.2, 0.25) is 0 Å². The highest BCUT2D eigenvalue weighted by atomic mass is 32.2. The highest BCUT2D eigenvalue weighted by molar-refractivity contribution is 7.91. The van der Waals surface area contributed by atoms with Crippen molar-refractivity contribution in [3.63, 3.8) is 0 Å². The van der Waals surface area contributed by atoms with Gasteiger partial charge >= 0.3 is 0 Å². The van der Waals surface area contributed by atoms with Crippen LogP contribution in [0.5, 0.6) is 0 Å². The van der Waals surface area contributed by atoms with Gasteiger partial charge in [-0.25, -0.2) is 16.8 Å². The zero-order valence-electron chi connectivity index (χ0n) is 14.7. The Balaban J connectivity index is 2.21. The van der Waals surface area contributed by atoms with Crippen LogP contribution < -0.4 is 0 Å². The van der Waals surface area contributed by atoms with Gasteiger partial charge in [-0.3, -0.25) is 9.59 Å². The smallest absolute Gasteiger partial charge is 0.238 e. The zero-order chi connectivity index (χ0) is 18.9. The Morgan fingerprint density at radius 3 is 1.88 bits per heavy atom. The molecule has 25 heavy (non-hydrogen) atoms. The number of nitrogens with zero attached hydrogens (tertiary/aromatic N) is 2. The molecule has 2 aliphatic rings. The highest BCUT2D eigenvalue weighted by Crippen LogP contribution is 2.37. The van der Waals surface area contributed by atoms with Crippen LogP contribution in [-0.2, 0) is 29.3 Å². The Kier molecular flexibility index (Phi) is 5.82. The van der Waals surface area contributed by atoms with E-state index in [2.05, 4.69) is 0 Å². The molecule has 0 aromatic rings. The molecule has 1 heterocycles. The van der Waals surface area contributed by atoms with Gasteiger partial charge in [-0.2, -0.15) is 0 Å². The fraction of sp³-hybridized carbons (Fsp3) is 0.867. The second kappa shape index (κ2) is 7.22. The van der Waals surface area contributed by atoms with Crippen molar-refractivity contribution in [2.45, 2.75) is 37.6 Å². The van der Waals surface area contributed by atoms with Crippen molar-refractivity contribution >= 4 is 31.5 Å². The topological polar surface area (TPSA) is 109 Å². The van der Waals surface area contributed by atoms with Crippen LogP contribution in [0.15, 0.2) is 0 Å². The first-order valence-electron chi connectivity index (χ1n) is 8.36. The minimum absolute atomic E-state index is 0.228. The largest absolute Gasteiger partial charge is 0.338 e. The molecule has 10 heteroatoms. The van der Waals surface area contributed by atoms with Crippen molar-refractivity contribution in [1.82, 2.24) is 9.80 Å². The average Bonchev–Trinajstić information content (AvgIpc) is 2.44. The summed E-state index contributed by atoms with van der Waals surface area (Å²) in [5, 5.41) is 0. The van der Waals surface area contributed by atoms with Gasteiger partial charge in [-0.15, -0.1) is 0 Å². The van der Waals surface area contributed by atoms with Gasteiger partial charge in [0.1, 0.15) is 11.5 Å². The summed E-state index contributed by atoms with van der Waals surface area (Å²) in [5.41, 5.74) is -0.578. The highest BCUT2D eigenvalue weighted by Gasteiger charge is 2.46. The van der Waals surface area contributed by atoms with Gasteiger partial charge in [0.05, 0.1) is 5.54 Å². The van der Waals surface area contributed by atoms with Crippen molar-refractivity contribution in [1.29, 1.82) is 0 Å². The normalized spacial score (nSPS) is 21.4. The first kappa shape index (κ1) is 20.2. The molecule has 0 bridgehead atoms. The van der Waals surface area contributed by atoms with Crippen molar-refractivity contribution in [3.05, 3.63) is 0 Å². The van der Waals surface area contributed by atoms with E-state index in [-0.39, 0.29) is 19.6 Å². The Hall–Kier alpha value is -1.16. The number of amides is 2. The van der Waals surface area contributed by atoms with Crippen LogP contribution in [-0.4, -0.2) is 87.6 Å². The maximum Gasteiger partial charge on any atom is 0.238 e. The van der Waals surface area contributed by atoms with E-state index in [9.17, 15) is 26.4 Å². The Labute approximate surface area is 149 Å². The SMILES string of the molecule is CS(=O)(=O)CC(=O)N1CCN(C(=O)CS(C)(=O)=O)C2(CCCCC2)C1. The van der Waals surface area contributed by atoms with Gasteiger partial charge in [-0.1, -0.05) is 19.3 Å². The standard InChI is InChI=1S/C15H26N2O6S2/c1-24(20,21)10-13(18)16-8-9-17(14(19)11-25(2,22)23)15(12-16)6-4-3-5-7-15/h3-12H2,1-2H3.